The molecule has 0 radical (unpaired) electrons. The highest BCUT2D eigenvalue weighted by Crippen LogP contribution is 2.23. The molecule has 2 heteroatoms. The number of nitrogens with zero attached hydrogens (tertiary/aromatic N) is 2. The summed E-state index contributed by atoms with van der Waals surface area (Å²) in [6, 6.07) is 17.6. The molecule has 0 saturated heterocycles. The summed E-state index contributed by atoms with van der Waals surface area (Å²) in [5.74, 6) is -0.263. The number of pyridine rings is 2. The third kappa shape index (κ3) is 7.87. The van der Waals surface area contributed by atoms with E-state index in [4.69, 9.17) is 13.7 Å². The van der Waals surface area contributed by atoms with E-state index in [1.165, 1.54) is 0 Å². The highest BCUT2D eigenvalue weighted by Gasteiger charge is 2.15. The minimum absolute atomic E-state index is 0.122. The number of rotatable bonds is 6. The van der Waals surface area contributed by atoms with Crippen LogP contribution < -0.4 is 9.13 Å². The van der Waals surface area contributed by atoms with Gasteiger partial charge in [-0.25, -0.2) is 9.13 Å². The van der Waals surface area contributed by atoms with E-state index in [0.717, 1.165) is 33.6 Å². The van der Waals surface area contributed by atoms with Gasteiger partial charge in [-0.1, -0.05) is 63.1 Å². The molecule has 2 nitrogen and oxygen atoms in total. The average molecular weight is 519 g/mol. The number of hydrogen-bond donors (Lipinski definition) is 0. The Morgan fingerprint density at radius 1 is 0.658 bits per heavy atom. The molecule has 4 rings (SSSR count). The lowest BCUT2D eigenvalue weighted by atomic mass is 9.98. The van der Waals surface area contributed by atoms with Crippen molar-refractivity contribution in [1.29, 1.82) is 0 Å². The van der Waals surface area contributed by atoms with Gasteiger partial charge in [0.15, 0.2) is 12.4 Å². The molecule has 0 aliphatic carbocycles. The highest BCUT2D eigenvalue weighted by atomic mass is 14.9. The molecule has 0 aliphatic rings. The van der Waals surface area contributed by atoms with Gasteiger partial charge in [-0.05, 0) is 87.0 Å². The van der Waals surface area contributed by atoms with Crippen molar-refractivity contribution in [1.82, 2.24) is 0 Å². The van der Waals surface area contributed by atoms with Gasteiger partial charge in [0.25, 0.3) is 0 Å². The molecule has 2 aromatic heterocycles. The van der Waals surface area contributed by atoms with Crippen LogP contribution >= 0.6 is 0 Å². The van der Waals surface area contributed by atoms with Crippen LogP contribution in [0.1, 0.15) is 74.8 Å². The Labute approximate surface area is 246 Å². The van der Waals surface area contributed by atoms with Gasteiger partial charge >= 0.3 is 0 Å². The molecule has 200 valence electrons. The van der Waals surface area contributed by atoms with E-state index in [-0.39, 0.29) is 11.8 Å². The van der Waals surface area contributed by atoms with E-state index in [2.05, 4.69) is 0 Å². The van der Waals surface area contributed by atoms with Crippen LogP contribution in [0, 0.1) is 39.4 Å². The van der Waals surface area contributed by atoms with Gasteiger partial charge in [0.2, 0.25) is 11.4 Å². The molecule has 0 aliphatic heterocycles. The third-order valence-electron chi connectivity index (χ3n) is 6.20. The number of hydrogen-bond acceptors (Lipinski definition) is 0. The summed E-state index contributed by atoms with van der Waals surface area (Å²) in [4.78, 5) is 0. The maximum Gasteiger partial charge on any atom is 0.212 e. The Balaban J connectivity index is 0.000000260. The Kier molecular flexibility index (Phi) is 6.19. The molecule has 0 fully saturated rings. The van der Waals surface area contributed by atoms with Crippen molar-refractivity contribution in [3.8, 4) is 22.5 Å². The quantitative estimate of drug-likeness (QED) is 0.229. The molecule has 2 heterocycles. The second-order valence-electron chi connectivity index (χ2n) is 10.5. The molecule has 0 bridgehead atoms. The fourth-order valence-electron chi connectivity index (χ4n) is 4.47. The van der Waals surface area contributed by atoms with Crippen LogP contribution in [0.25, 0.3) is 22.5 Å². The molecule has 0 amide bonds. The van der Waals surface area contributed by atoms with Gasteiger partial charge in [-0.2, -0.15) is 0 Å². The molecule has 0 saturated carbocycles. The maximum absolute atomic E-state index is 8.30. The molecule has 0 unspecified atom stereocenters. The molecular formula is C36H48N2+2. The normalized spacial score (nSPS) is 16.4. The summed E-state index contributed by atoms with van der Waals surface area (Å²) in [5.41, 5.74) is 7.32. The van der Waals surface area contributed by atoms with Gasteiger partial charge in [-0.15, -0.1) is 0 Å². The lowest BCUT2D eigenvalue weighted by Gasteiger charge is -2.09. The largest absolute Gasteiger partial charge is 0.212 e. The van der Waals surface area contributed by atoms with Crippen molar-refractivity contribution >= 4 is 0 Å². The fourth-order valence-corrected chi connectivity index (χ4v) is 4.47. The summed E-state index contributed by atoms with van der Waals surface area (Å²) in [6.07, 6.45) is 0.848. The predicted octanol–water partition coefficient (Wildman–Crippen LogP) is 7.99. The molecule has 38 heavy (non-hydrogen) atoms. The van der Waals surface area contributed by atoms with E-state index < -0.39 is 26.4 Å². The van der Waals surface area contributed by atoms with Crippen LogP contribution in [-0.2, 0) is 26.8 Å². The monoisotopic (exact) mass is 518 g/mol. The zero-order valence-corrected chi connectivity index (χ0v) is 24.0. The van der Waals surface area contributed by atoms with E-state index in [1.807, 2.05) is 101 Å². The average Bonchev–Trinajstić information content (AvgIpc) is 2.97. The van der Waals surface area contributed by atoms with Gasteiger partial charge in [0.05, 0.1) is 0 Å². The summed E-state index contributed by atoms with van der Waals surface area (Å²) in [5, 5.41) is 0. The lowest BCUT2D eigenvalue weighted by Crippen LogP contribution is -2.31. The molecular weight excluding hydrogens is 460 g/mol. The number of benzene rings is 2. The zero-order chi connectivity index (χ0) is 36.6. The Morgan fingerprint density at radius 2 is 1.21 bits per heavy atom. The van der Waals surface area contributed by atoms with Gasteiger partial charge in [0.1, 0.15) is 14.1 Å². The summed E-state index contributed by atoms with van der Waals surface area (Å²) >= 11 is 0. The van der Waals surface area contributed by atoms with E-state index in [0.29, 0.717) is 22.3 Å². The third-order valence-corrected chi connectivity index (χ3v) is 6.20. The summed E-state index contributed by atoms with van der Waals surface area (Å²) < 4.78 is 82.0. The number of aromatic nitrogens is 2. The second-order valence-corrected chi connectivity index (χ2v) is 10.5. The minimum Gasteiger partial charge on any atom is -0.201 e. The topological polar surface area (TPSA) is 7.76 Å². The highest BCUT2D eigenvalue weighted by molar-refractivity contribution is 5.62. The van der Waals surface area contributed by atoms with Crippen molar-refractivity contribution in [2.24, 2.45) is 25.9 Å². The van der Waals surface area contributed by atoms with Crippen molar-refractivity contribution in [2.45, 2.75) is 68.0 Å². The maximum atomic E-state index is 8.30. The minimum atomic E-state index is -2.12. The number of aryl methyl sites for hydroxylation is 6. The van der Waals surface area contributed by atoms with Crippen LogP contribution in [0.15, 0.2) is 73.1 Å². The molecule has 2 aromatic carbocycles. The van der Waals surface area contributed by atoms with Crippen LogP contribution in [0.3, 0.4) is 0 Å². The first-order chi connectivity index (χ1) is 21.9. The molecule has 4 aromatic rings. The lowest BCUT2D eigenvalue weighted by molar-refractivity contribution is -0.660. The summed E-state index contributed by atoms with van der Waals surface area (Å²) in [7, 11) is 3.79. The SMILES string of the molecule is [2H]C([2H])([2H])c1ccc(-c2cc(C([2H])([2H])C(C)C)cc[n+]2C)c(C)c1.[2H]C([2H])([2H])c1ccc(-c2ccc(C([2H])([2H])C(C)C)c[n+]2C)c(C)c1. The first kappa shape index (κ1) is 18.1. The Morgan fingerprint density at radius 3 is 1.71 bits per heavy atom. The first-order valence-corrected chi connectivity index (χ1v) is 13.1. The van der Waals surface area contributed by atoms with Crippen LogP contribution in [0.4, 0.5) is 0 Å². The van der Waals surface area contributed by atoms with Crippen molar-refractivity contribution < 1.29 is 22.8 Å². The first-order valence-electron chi connectivity index (χ1n) is 18.1. The zero-order valence-electron chi connectivity index (χ0n) is 34.0. The molecule has 0 atom stereocenters. The Bertz CT molecular complexity index is 1750. The molecule has 0 spiro atoms. The van der Waals surface area contributed by atoms with Gasteiger partial charge in [-0.3, -0.25) is 0 Å². The van der Waals surface area contributed by atoms with E-state index >= 15 is 0 Å². The molecule has 0 N–H and O–H groups in total. The van der Waals surface area contributed by atoms with Crippen LogP contribution in [0.5, 0.6) is 0 Å². The smallest absolute Gasteiger partial charge is 0.201 e. The van der Waals surface area contributed by atoms with Crippen molar-refractivity contribution in [2.75, 3.05) is 0 Å². The van der Waals surface area contributed by atoms with E-state index in [9.17, 15) is 0 Å². The van der Waals surface area contributed by atoms with Gasteiger partial charge in [0, 0.05) is 48.6 Å². The van der Waals surface area contributed by atoms with Gasteiger partial charge < -0.3 is 0 Å². The van der Waals surface area contributed by atoms with E-state index in [1.54, 1.807) is 36.4 Å². The Hall–Kier alpha value is -3.26. The van der Waals surface area contributed by atoms with Crippen LogP contribution in [0.2, 0.25) is 0 Å². The van der Waals surface area contributed by atoms with Crippen molar-refractivity contribution in [3.05, 3.63) is 106 Å². The van der Waals surface area contributed by atoms with Crippen LogP contribution in [-0.4, -0.2) is 0 Å². The predicted molar refractivity (Wildman–Crippen MR) is 162 cm³/mol. The summed E-state index contributed by atoms with van der Waals surface area (Å²) in [6.45, 7) is 7.01. The second kappa shape index (κ2) is 13.0. The standard InChI is InChI=1S/2C18H24N/c1-13(2)10-16-7-9-18(19(5)12-16)17-8-6-14(3)11-15(17)4;1-13(2)10-16-8-9-19(5)18(12-16)17-7-6-14(3)11-15(17)4/h2*6-9,11-13H,10H2,1-5H3/q2*+1/i2*3D3,10D2. The fraction of sp³-hybridized carbons (Fsp3) is 0.389. The van der Waals surface area contributed by atoms with Crippen molar-refractivity contribution in [3.63, 3.8) is 0 Å².